The number of hydrogen-bond donors (Lipinski definition) is 1. The fraction of sp³-hybridized carbons (Fsp3) is 0.462. The third-order valence-corrected chi connectivity index (χ3v) is 3.35. The Balaban J connectivity index is 2.47. The van der Waals surface area contributed by atoms with Gasteiger partial charge in [0.1, 0.15) is 0 Å². The van der Waals surface area contributed by atoms with Crippen LogP contribution in [0.15, 0.2) is 17.5 Å². The molecule has 0 aliphatic rings. The minimum absolute atomic E-state index is 0.905. The maximum atomic E-state index is 10.4. The molecule has 0 aliphatic heterocycles. The highest BCUT2D eigenvalue weighted by Crippen LogP contribution is 2.17. The highest BCUT2D eigenvalue weighted by Gasteiger charge is 2.02. The van der Waals surface area contributed by atoms with E-state index >= 15 is 0 Å². The third kappa shape index (κ3) is 5.65. The van der Waals surface area contributed by atoms with Crippen molar-refractivity contribution in [3.05, 3.63) is 28.0 Å². The lowest BCUT2D eigenvalue weighted by Crippen LogP contribution is -2.18. The molecule has 0 aliphatic carbocycles. The van der Waals surface area contributed by atoms with Crippen molar-refractivity contribution >= 4 is 23.4 Å². The number of carbonyl (C=O) groups is 1. The molecule has 0 amide bonds. The van der Waals surface area contributed by atoms with Crippen LogP contribution in [0, 0.1) is 0 Å². The fourth-order valence-corrected chi connectivity index (χ4v) is 2.44. The molecule has 3 nitrogen and oxygen atoms in total. The summed E-state index contributed by atoms with van der Waals surface area (Å²) in [5.74, 6) is -0.905. The molecule has 1 aromatic heterocycles. The van der Waals surface area contributed by atoms with Gasteiger partial charge in [-0.25, -0.2) is 4.79 Å². The van der Waals surface area contributed by atoms with Crippen LogP contribution in [-0.4, -0.2) is 29.6 Å². The lowest BCUT2D eigenvalue weighted by molar-refractivity contribution is -0.131. The number of carboxylic acids is 1. The van der Waals surface area contributed by atoms with E-state index in [1.165, 1.54) is 23.8 Å². The smallest absolute Gasteiger partial charge is 0.328 e. The maximum absolute atomic E-state index is 10.4. The third-order valence-electron chi connectivity index (χ3n) is 2.41. The molecule has 1 rings (SSSR count). The minimum atomic E-state index is -0.905. The number of nitrogens with zero attached hydrogens (tertiary/aromatic N) is 1. The van der Waals surface area contributed by atoms with E-state index in [9.17, 15) is 4.79 Å². The molecule has 0 radical (unpaired) electrons. The zero-order valence-electron chi connectivity index (χ0n) is 10.3. The molecule has 0 spiro atoms. The average Bonchev–Trinajstić information content (AvgIpc) is 2.71. The first-order chi connectivity index (χ1) is 8.11. The lowest BCUT2D eigenvalue weighted by atomic mass is 10.2. The predicted molar refractivity (Wildman–Crippen MR) is 72.2 cm³/mol. The SMILES string of the molecule is CCCCN(C)Cc1cc(C=CC(=O)O)cs1. The van der Waals surface area contributed by atoms with Gasteiger partial charge in [-0.15, -0.1) is 11.3 Å². The molecule has 0 saturated carbocycles. The first-order valence-corrected chi connectivity index (χ1v) is 6.66. The van der Waals surface area contributed by atoms with E-state index in [1.54, 1.807) is 17.4 Å². The van der Waals surface area contributed by atoms with Crippen molar-refractivity contribution in [2.24, 2.45) is 0 Å². The van der Waals surface area contributed by atoms with E-state index in [0.717, 1.165) is 18.7 Å². The second kappa shape index (κ2) is 7.25. The number of unbranched alkanes of at least 4 members (excludes halogenated alkanes) is 1. The molecule has 0 fully saturated rings. The van der Waals surface area contributed by atoms with Gasteiger partial charge in [0.05, 0.1) is 0 Å². The molecular weight excluding hydrogens is 234 g/mol. The van der Waals surface area contributed by atoms with Crippen LogP contribution in [0.4, 0.5) is 0 Å². The lowest BCUT2D eigenvalue weighted by Gasteiger charge is -2.14. The highest BCUT2D eigenvalue weighted by molar-refractivity contribution is 7.10. The Morgan fingerprint density at radius 2 is 2.35 bits per heavy atom. The van der Waals surface area contributed by atoms with E-state index in [-0.39, 0.29) is 0 Å². The molecule has 1 N–H and O–H groups in total. The molecule has 0 atom stereocenters. The molecule has 94 valence electrons. The molecule has 1 aromatic rings. The van der Waals surface area contributed by atoms with Crippen molar-refractivity contribution in [2.75, 3.05) is 13.6 Å². The second-order valence-electron chi connectivity index (χ2n) is 4.11. The summed E-state index contributed by atoms with van der Waals surface area (Å²) in [6.45, 7) is 4.23. The van der Waals surface area contributed by atoms with Crippen molar-refractivity contribution in [1.82, 2.24) is 4.90 Å². The largest absolute Gasteiger partial charge is 0.478 e. The van der Waals surface area contributed by atoms with E-state index < -0.39 is 5.97 Å². The summed E-state index contributed by atoms with van der Waals surface area (Å²) >= 11 is 1.68. The van der Waals surface area contributed by atoms with Crippen LogP contribution in [0.3, 0.4) is 0 Å². The first-order valence-electron chi connectivity index (χ1n) is 5.78. The monoisotopic (exact) mass is 253 g/mol. The van der Waals surface area contributed by atoms with Crippen LogP contribution in [-0.2, 0) is 11.3 Å². The van der Waals surface area contributed by atoms with E-state index in [1.807, 2.05) is 11.4 Å². The van der Waals surface area contributed by atoms with Gasteiger partial charge in [0.2, 0.25) is 0 Å². The standard InChI is InChI=1S/C13H19NO2S/c1-3-4-7-14(2)9-12-8-11(10-17-12)5-6-13(15)16/h5-6,8,10H,3-4,7,9H2,1-2H3,(H,15,16). The number of carboxylic acid groups (broad SMARTS) is 1. The van der Waals surface area contributed by atoms with Gasteiger partial charge in [0.15, 0.2) is 0 Å². The van der Waals surface area contributed by atoms with Crippen LogP contribution >= 0.6 is 11.3 Å². The van der Waals surface area contributed by atoms with Crippen molar-refractivity contribution < 1.29 is 9.90 Å². The highest BCUT2D eigenvalue weighted by atomic mass is 32.1. The second-order valence-corrected chi connectivity index (χ2v) is 5.11. The molecule has 4 heteroatoms. The number of aliphatic carboxylic acids is 1. The van der Waals surface area contributed by atoms with Gasteiger partial charge >= 0.3 is 5.97 Å². The van der Waals surface area contributed by atoms with Crippen molar-refractivity contribution in [1.29, 1.82) is 0 Å². The Hall–Kier alpha value is -1.13. The van der Waals surface area contributed by atoms with Crippen LogP contribution < -0.4 is 0 Å². The number of hydrogen-bond acceptors (Lipinski definition) is 3. The van der Waals surface area contributed by atoms with Crippen LogP contribution in [0.25, 0.3) is 6.08 Å². The quantitative estimate of drug-likeness (QED) is 0.759. The predicted octanol–water partition coefficient (Wildman–Crippen LogP) is 3.08. The van der Waals surface area contributed by atoms with Gasteiger partial charge in [-0.1, -0.05) is 13.3 Å². The van der Waals surface area contributed by atoms with Crippen molar-refractivity contribution in [2.45, 2.75) is 26.3 Å². The zero-order chi connectivity index (χ0) is 12.7. The summed E-state index contributed by atoms with van der Waals surface area (Å²) in [6.07, 6.45) is 5.23. The Morgan fingerprint density at radius 1 is 1.59 bits per heavy atom. The zero-order valence-corrected chi connectivity index (χ0v) is 11.2. The van der Waals surface area contributed by atoms with Crippen molar-refractivity contribution in [3.63, 3.8) is 0 Å². The Kier molecular flexibility index (Phi) is 5.94. The summed E-state index contributed by atoms with van der Waals surface area (Å²) < 4.78 is 0. The fourth-order valence-electron chi connectivity index (χ4n) is 1.51. The molecule has 0 unspecified atom stereocenters. The van der Waals surface area contributed by atoms with Gasteiger partial charge in [0.25, 0.3) is 0 Å². The molecule has 0 bridgehead atoms. The van der Waals surface area contributed by atoms with Gasteiger partial charge in [-0.2, -0.15) is 0 Å². The van der Waals surface area contributed by atoms with E-state index in [4.69, 9.17) is 5.11 Å². The van der Waals surface area contributed by atoms with Gasteiger partial charge in [-0.05, 0) is 43.1 Å². The molecular formula is C13H19NO2S. The first kappa shape index (κ1) is 13.9. The van der Waals surface area contributed by atoms with Gasteiger partial charge < -0.3 is 10.0 Å². The van der Waals surface area contributed by atoms with Crippen LogP contribution in [0.1, 0.15) is 30.2 Å². The Labute approximate surface area is 106 Å². The topological polar surface area (TPSA) is 40.5 Å². The summed E-state index contributed by atoms with van der Waals surface area (Å²) in [5, 5.41) is 10.5. The number of rotatable bonds is 7. The average molecular weight is 253 g/mol. The Bertz CT molecular complexity index is 385. The summed E-state index contributed by atoms with van der Waals surface area (Å²) in [7, 11) is 2.11. The molecule has 0 saturated heterocycles. The van der Waals surface area contributed by atoms with Gasteiger partial charge in [-0.3, -0.25) is 0 Å². The van der Waals surface area contributed by atoms with Gasteiger partial charge in [0, 0.05) is 17.5 Å². The summed E-state index contributed by atoms with van der Waals surface area (Å²) in [6, 6.07) is 2.05. The molecule has 0 aromatic carbocycles. The van der Waals surface area contributed by atoms with Crippen LogP contribution in [0.2, 0.25) is 0 Å². The van der Waals surface area contributed by atoms with E-state index in [2.05, 4.69) is 18.9 Å². The molecule has 17 heavy (non-hydrogen) atoms. The summed E-state index contributed by atoms with van der Waals surface area (Å²) in [5.41, 5.74) is 0.969. The maximum Gasteiger partial charge on any atom is 0.328 e. The van der Waals surface area contributed by atoms with E-state index in [0.29, 0.717) is 0 Å². The molecule has 1 heterocycles. The minimum Gasteiger partial charge on any atom is -0.478 e. The van der Waals surface area contributed by atoms with Crippen LogP contribution in [0.5, 0.6) is 0 Å². The normalized spacial score (nSPS) is 11.5. The Morgan fingerprint density at radius 3 is 3.00 bits per heavy atom. The number of thiophene rings is 1. The summed E-state index contributed by atoms with van der Waals surface area (Å²) in [4.78, 5) is 13.9. The van der Waals surface area contributed by atoms with Crippen molar-refractivity contribution in [3.8, 4) is 0 Å².